The lowest BCUT2D eigenvalue weighted by Crippen LogP contribution is -2.47. The number of nitrogens with zero attached hydrogens (tertiary/aromatic N) is 3. The van der Waals surface area contributed by atoms with Crippen LogP contribution in [0.15, 0.2) is 39.9 Å². The maximum absolute atomic E-state index is 13.1. The Morgan fingerprint density at radius 2 is 1.61 bits per heavy atom. The highest BCUT2D eigenvalue weighted by molar-refractivity contribution is 5.46. The van der Waals surface area contributed by atoms with E-state index >= 15 is 0 Å². The molecule has 1 aliphatic heterocycles. The van der Waals surface area contributed by atoms with Gasteiger partial charge in [-0.05, 0) is 29.4 Å². The molecule has 0 spiro atoms. The van der Waals surface area contributed by atoms with Crippen molar-refractivity contribution in [3.05, 3.63) is 51.3 Å². The summed E-state index contributed by atoms with van der Waals surface area (Å²) in [4.78, 5) is 26.1. The lowest BCUT2D eigenvalue weighted by atomic mass is 9.60. The third kappa shape index (κ3) is 0.832. The van der Waals surface area contributed by atoms with Crippen LogP contribution in [0.2, 0.25) is 0 Å². The summed E-state index contributed by atoms with van der Waals surface area (Å²) in [6.45, 7) is 7.03. The number of para-hydroxylation sites is 1. The van der Waals surface area contributed by atoms with Crippen molar-refractivity contribution >= 4 is 0 Å². The quantitative estimate of drug-likeness (QED) is 0.808. The van der Waals surface area contributed by atoms with Crippen molar-refractivity contribution in [2.45, 2.75) is 39.3 Å². The fourth-order valence-corrected chi connectivity index (χ4v) is 7.24. The Kier molecular flexibility index (Phi) is 1.61. The first-order valence-corrected chi connectivity index (χ1v) is 8.41. The smallest absolute Gasteiger partial charge is 0.245 e. The Morgan fingerprint density at radius 1 is 0.957 bits per heavy atom. The van der Waals surface area contributed by atoms with Crippen molar-refractivity contribution < 1.29 is 0 Å². The van der Waals surface area contributed by atoms with Gasteiger partial charge < -0.3 is 0 Å². The van der Waals surface area contributed by atoms with Crippen LogP contribution in [-0.2, 0) is 0 Å². The zero-order valence-corrected chi connectivity index (χ0v) is 13.5. The molecule has 1 aromatic carbocycles. The molecule has 3 saturated carbocycles. The van der Waals surface area contributed by atoms with Gasteiger partial charge in [0.15, 0.2) is 0 Å². The highest BCUT2D eigenvalue weighted by Gasteiger charge is 2.99. The summed E-state index contributed by atoms with van der Waals surface area (Å²) in [5.74, 6) is 0.461. The van der Waals surface area contributed by atoms with E-state index < -0.39 is 0 Å². The van der Waals surface area contributed by atoms with Gasteiger partial charge in [-0.25, -0.2) is 23.5 Å². The van der Waals surface area contributed by atoms with Gasteiger partial charge in [-0.1, -0.05) is 39.0 Å². The SMILES string of the molecule is C[C@@]12C[C@H]3[C@H]4[C@@H](n5c(=O)n(-c6ccccc6)c(=O)n53)[C@@]1(C)[C@@]42C. The summed E-state index contributed by atoms with van der Waals surface area (Å²) in [6, 6.07) is 9.66. The fraction of sp³-hybridized carbons (Fsp3) is 0.556. The summed E-state index contributed by atoms with van der Waals surface area (Å²) >= 11 is 0. The number of hydrogen-bond acceptors (Lipinski definition) is 2. The van der Waals surface area contributed by atoms with Crippen LogP contribution >= 0.6 is 0 Å². The molecule has 4 aliphatic rings. The predicted octanol–water partition coefficient (Wildman–Crippen LogP) is 1.96. The number of rotatable bonds is 1. The molecule has 6 rings (SSSR count). The molecule has 2 aromatic rings. The van der Waals surface area contributed by atoms with Crippen LogP contribution in [0, 0.1) is 22.2 Å². The molecule has 0 bridgehead atoms. The van der Waals surface area contributed by atoms with Crippen molar-refractivity contribution in [2.24, 2.45) is 22.2 Å². The summed E-state index contributed by atoms with van der Waals surface area (Å²) in [5.41, 5.74) is 1.08. The molecule has 118 valence electrons. The molecule has 1 aromatic heterocycles. The van der Waals surface area contributed by atoms with Crippen LogP contribution in [-0.4, -0.2) is 13.9 Å². The third-order valence-corrected chi connectivity index (χ3v) is 8.54. The van der Waals surface area contributed by atoms with Crippen LogP contribution in [0.1, 0.15) is 39.3 Å². The van der Waals surface area contributed by atoms with Crippen molar-refractivity contribution in [3.63, 3.8) is 0 Å². The van der Waals surface area contributed by atoms with Crippen LogP contribution in [0.3, 0.4) is 0 Å². The normalized spacial score (nSPS) is 47.2. The molecule has 0 saturated heterocycles. The van der Waals surface area contributed by atoms with Gasteiger partial charge in [0.2, 0.25) is 0 Å². The number of hydrogen-bond donors (Lipinski definition) is 0. The van der Waals surface area contributed by atoms with Gasteiger partial charge in [-0.2, -0.15) is 0 Å². The van der Waals surface area contributed by atoms with Crippen molar-refractivity contribution in [1.82, 2.24) is 13.9 Å². The second-order valence-corrected chi connectivity index (χ2v) is 8.40. The molecule has 5 nitrogen and oxygen atoms in total. The maximum Gasteiger partial charge on any atom is 0.352 e. The van der Waals surface area contributed by atoms with Crippen molar-refractivity contribution in [1.29, 1.82) is 0 Å². The Labute approximate surface area is 133 Å². The van der Waals surface area contributed by atoms with Crippen LogP contribution < -0.4 is 11.4 Å². The summed E-state index contributed by atoms with van der Waals surface area (Å²) < 4.78 is 4.92. The maximum atomic E-state index is 13.1. The molecule has 0 amide bonds. The van der Waals surface area contributed by atoms with Crippen LogP contribution in [0.4, 0.5) is 0 Å². The van der Waals surface area contributed by atoms with Crippen LogP contribution in [0.5, 0.6) is 0 Å². The molecular weight excluding hydrogens is 290 g/mol. The Hall–Kier alpha value is -2.04. The Balaban J connectivity index is 1.65. The molecule has 2 heterocycles. The number of aromatic nitrogens is 3. The Morgan fingerprint density at radius 3 is 2.26 bits per heavy atom. The first-order valence-electron chi connectivity index (χ1n) is 8.41. The first kappa shape index (κ1) is 12.4. The molecule has 5 heteroatoms. The Bertz CT molecular complexity index is 1010. The molecule has 0 radical (unpaired) electrons. The second-order valence-electron chi connectivity index (χ2n) is 8.40. The summed E-state index contributed by atoms with van der Waals surface area (Å²) in [6.07, 6.45) is 1.03. The zero-order chi connectivity index (χ0) is 15.9. The van der Waals surface area contributed by atoms with E-state index in [1.807, 2.05) is 30.3 Å². The minimum atomic E-state index is -0.170. The van der Waals surface area contributed by atoms with Gasteiger partial charge in [0.25, 0.3) is 0 Å². The summed E-state index contributed by atoms with van der Waals surface area (Å²) in [5, 5.41) is 0. The fourth-order valence-electron chi connectivity index (χ4n) is 7.24. The monoisotopic (exact) mass is 309 g/mol. The molecule has 3 fully saturated rings. The molecule has 3 aliphatic carbocycles. The minimum Gasteiger partial charge on any atom is -0.245 e. The second kappa shape index (κ2) is 2.99. The van der Waals surface area contributed by atoms with Gasteiger partial charge >= 0.3 is 11.4 Å². The van der Waals surface area contributed by atoms with Gasteiger partial charge in [-0.3, -0.25) is 0 Å². The zero-order valence-electron chi connectivity index (χ0n) is 13.5. The lowest BCUT2D eigenvalue weighted by molar-refractivity contribution is 0.0140. The number of benzene rings is 1. The van der Waals surface area contributed by atoms with E-state index in [0.717, 1.165) is 6.42 Å². The van der Waals surface area contributed by atoms with E-state index in [4.69, 9.17) is 0 Å². The third-order valence-electron chi connectivity index (χ3n) is 8.54. The molecule has 6 atom stereocenters. The van der Waals surface area contributed by atoms with E-state index in [1.54, 1.807) is 9.36 Å². The average molecular weight is 309 g/mol. The standard InChI is InChI=1S/C18H19N3O2/c1-16-9-11-12-13(18(16,3)17(12,16)2)21-15(23)19(14(22)20(11)21)10-7-5-4-6-8-10/h4-8,11-13H,9H2,1-3H3/t11-,12-,13+,16-,17-,18+/m0/s1. The average Bonchev–Trinajstić information content (AvgIpc) is 2.89. The van der Waals surface area contributed by atoms with Gasteiger partial charge in [0.1, 0.15) is 0 Å². The molecule has 23 heavy (non-hydrogen) atoms. The van der Waals surface area contributed by atoms with Crippen molar-refractivity contribution in [2.75, 3.05) is 0 Å². The minimum absolute atomic E-state index is 0.165. The van der Waals surface area contributed by atoms with Gasteiger partial charge in [-0.15, -0.1) is 0 Å². The molecular formula is C18H19N3O2. The van der Waals surface area contributed by atoms with Gasteiger partial charge in [0.05, 0.1) is 17.8 Å². The van der Waals surface area contributed by atoms with Gasteiger partial charge in [0, 0.05) is 11.3 Å². The van der Waals surface area contributed by atoms with Crippen LogP contribution in [0.25, 0.3) is 5.69 Å². The molecule has 0 N–H and O–H groups in total. The van der Waals surface area contributed by atoms with E-state index in [0.29, 0.717) is 17.0 Å². The predicted molar refractivity (Wildman–Crippen MR) is 84.8 cm³/mol. The number of fused-ring (bicyclic) bond motifs is 5. The largest absolute Gasteiger partial charge is 0.352 e. The lowest BCUT2D eigenvalue weighted by Gasteiger charge is -2.45. The van der Waals surface area contributed by atoms with E-state index in [2.05, 4.69) is 20.8 Å². The van der Waals surface area contributed by atoms with E-state index in [-0.39, 0.29) is 34.3 Å². The highest BCUT2D eigenvalue weighted by Crippen LogP contribution is 3.02. The van der Waals surface area contributed by atoms with E-state index in [1.165, 1.54) is 4.57 Å². The van der Waals surface area contributed by atoms with E-state index in [9.17, 15) is 9.59 Å². The first-order chi connectivity index (χ1) is 10.9. The highest BCUT2D eigenvalue weighted by atomic mass is 16.2. The topological polar surface area (TPSA) is 48.9 Å². The molecule has 0 unspecified atom stereocenters. The van der Waals surface area contributed by atoms with Crippen molar-refractivity contribution in [3.8, 4) is 5.69 Å². The summed E-state index contributed by atoms with van der Waals surface area (Å²) in [7, 11) is 0.